The first-order valence-electron chi connectivity index (χ1n) is 4.41. The van der Waals surface area contributed by atoms with Crippen LogP contribution >= 0.6 is 0 Å². The average molecular weight is 276 g/mol. The van der Waals surface area contributed by atoms with Gasteiger partial charge in [0.2, 0.25) is 0 Å². The van der Waals surface area contributed by atoms with E-state index >= 15 is 0 Å². The van der Waals surface area contributed by atoms with Crippen molar-refractivity contribution in [2.45, 2.75) is 0 Å². The van der Waals surface area contributed by atoms with Crippen LogP contribution in [0.25, 0.3) is 0 Å². The molecular formula is C8H24N2O4S2. The molecule has 0 amide bonds. The summed E-state index contributed by atoms with van der Waals surface area (Å²) < 4.78 is 38.3. The molecule has 0 aliphatic heterocycles. The van der Waals surface area contributed by atoms with Crippen LogP contribution in [0.1, 0.15) is 0 Å². The van der Waals surface area contributed by atoms with Crippen molar-refractivity contribution in [1.29, 1.82) is 0 Å². The van der Waals surface area contributed by atoms with E-state index in [1.165, 1.54) is 0 Å². The Morgan fingerprint density at radius 2 is 0.688 bits per heavy atom. The van der Waals surface area contributed by atoms with Crippen molar-refractivity contribution in [1.82, 2.24) is 0 Å². The number of nitrogens with zero attached hydrogens (tertiary/aromatic N) is 2. The summed E-state index contributed by atoms with van der Waals surface area (Å²) >= 11 is 0. The molecule has 0 aliphatic carbocycles. The van der Waals surface area contributed by atoms with Crippen molar-refractivity contribution in [3.05, 3.63) is 0 Å². The van der Waals surface area contributed by atoms with Crippen molar-refractivity contribution in [2.75, 3.05) is 56.4 Å². The first kappa shape index (κ1) is 21.4. The van der Waals surface area contributed by atoms with Gasteiger partial charge in [-0.1, -0.05) is 0 Å². The smallest absolute Gasteiger partial charge is 0.0675 e. The van der Waals surface area contributed by atoms with Crippen molar-refractivity contribution in [3.8, 4) is 0 Å². The molecule has 8 heteroatoms. The zero-order chi connectivity index (χ0) is 14.2. The molecule has 2 unspecified atom stereocenters. The zero-order valence-corrected chi connectivity index (χ0v) is 13.0. The van der Waals surface area contributed by atoms with E-state index in [1.807, 2.05) is 0 Å². The Labute approximate surface area is 103 Å². The second kappa shape index (κ2) is 9.20. The average Bonchev–Trinajstić information content (AvgIpc) is 1.77. The lowest BCUT2D eigenvalue weighted by Gasteiger charge is -2.14. The predicted octanol–water partition coefficient (Wildman–Crippen LogP) is -0.696. The molecule has 0 saturated heterocycles. The Morgan fingerprint density at radius 1 is 0.625 bits per heavy atom. The molecule has 0 bridgehead atoms. The van der Waals surface area contributed by atoms with E-state index < -0.39 is 20.2 Å². The van der Waals surface area contributed by atoms with Crippen LogP contribution in [0.3, 0.4) is 0 Å². The van der Waals surface area contributed by atoms with Gasteiger partial charge in [-0.25, -0.2) is 0 Å². The molecule has 0 aliphatic rings. The third-order valence-electron chi connectivity index (χ3n) is 0.111. The fourth-order valence-corrected chi connectivity index (χ4v) is 0. The molecule has 0 N–H and O–H groups in total. The van der Waals surface area contributed by atoms with Crippen LogP contribution in [0.5, 0.6) is 0 Å². The second-order valence-corrected chi connectivity index (χ2v) is 8.22. The molecule has 0 rings (SSSR count). The largest absolute Gasteiger partial charge is 0.763 e. The Morgan fingerprint density at radius 3 is 0.688 bits per heavy atom. The Bertz CT molecular complexity index is 185. The van der Waals surface area contributed by atoms with E-state index in [0.717, 1.165) is 8.97 Å². The van der Waals surface area contributed by atoms with Gasteiger partial charge in [0, 0.05) is 20.2 Å². The number of quaternary nitrogens is 2. The van der Waals surface area contributed by atoms with E-state index in [9.17, 15) is 0 Å². The summed E-state index contributed by atoms with van der Waals surface area (Å²) in [6, 6.07) is 0. The summed E-state index contributed by atoms with van der Waals surface area (Å²) in [5.74, 6) is 0. The molecule has 0 saturated carbocycles. The van der Waals surface area contributed by atoms with Gasteiger partial charge in [0.25, 0.3) is 0 Å². The van der Waals surface area contributed by atoms with E-state index in [0.29, 0.717) is 0 Å². The van der Waals surface area contributed by atoms with Crippen LogP contribution in [-0.4, -0.2) is 82.9 Å². The standard InChI is InChI=1S/2C4H12N.H2O4S2/c2*1-5(2,3)4;1-5(2)6(3)4/h2*1-4H3;(H,1,2)(H,3,4)/q2*+1;/p-2. The molecule has 102 valence electrons. The number of hydrogen-bond donors (Lipinski definition) is 0. The molecule has 0 radical (unpaired) electrons. The van der Waals surface area contributed by atoms with Crippen molar-refractivity contribution >= 4 is 20.2 Å². The first-order chi connectivity index (χ1) is 6.64. The Kier molecular flexibility index (Phi) is 12.3. The number of hydrogen-bond acceptors (Lipinski definition) is 4. The van der Waals surface area contributed by atoms with Gasteiger partial charge in [0.15, 0.2) is 0 Å². The highest BCUT2D eigenvalue weighted by molar-refractivity contribution is 8.56. The molecule has 0 fully saturated rings. The van der Waals surface area contributed by atoms with Gasteiger partial charge in [-0.15, -0.1) is 0 Å². The maximum Gasteiger partial charge on any atom is 0.0675 e. The van der Waals surface area contributed by atoms with Crippen LogP contribution in [0, 0.1) is 0 Å². The molecule has 0 heterocycles. The Hall–Kier alpha value is 0.140. The zero-order valence-electron chi connectivity index (χ0n) is 11.3. The fraction of sp³-hybridized carbons (Fsp3) is 1.00. The summed E-state index contributed by atoms with van der Waals surface area (Å²) in [7, 11) is 11.1. The summed E-state index contributed by atoms with van der Waals surface area (Å²) in [6.45, 7) is 0. The van der Waals surface area contributed by atoms with Crippen LogP contribution in [0.15, 0.2) is 0 Å². The molecular weight excluding hydrogens is 252 g/mol. The molecule has 0 spiro atoms. The molecule has 0 aromatic rings. The van der Waals surface area contributed by atoms with Crippen LogP contribution in [0.4, 0.5) is 0 Å². The van der Waals surface area contributed by atoms with Crippen LogP contribution in [-0.2, 0) is 20.2 Å². The van der Waals surface area contributed by atoms with Gasteiger partial charge < -0.3 is 18.1 Å². The van der Waals surface area contributed by atoms with E-state index in [-0.39, 0.29) is 0 Å². The van der Waals surface area contributed by atoms with E-state index in [1.54, 1.807) is 0 Å². The Balaban J connectivity index is -0.000000160. The quantitative estimate of drug-likeness (QED) is 0.360. The van der Waals surface area contributed by atoms with Crippen molar-refractivity contribution < 1.29 is 26.5 Å². The van der Waals surface area contributed by atoms with Gasteiger partial charge in [-0.3, -0.25) is 8.42 Å². The van der Waals surface area contributed by atoms with Gasteiger partial charge in [-0.2, -0.15) is 0 Å². The molecule has 16 heavy (non-hydrogen) atoms. The van der Waals surface area contributed by atoms with Gasteiger partial charge in [0.1, 0.15) is 0 Å². The maximum absolute atomic E-state index is 9.09. The lowest BCUT2D eigenvalue weighted by Crippen LogP contribution is -2.27. The SMILES string of the molecule is C[N+](C)(C)C.C[N+](C)(C)C.O=S([O-])S(=O)[O-]. The molecule has 6 nitrogen and oxygen atoms in total. The minimum absolute atomic E-state index is 1.00. The number of rotatable bonds is 1. The lowest BCUT2D eigenvalue weighted by molar-refractivity contribution is -0.849. The van der Waals surface area contributed by atoms with Crippen molar-refractivity contribution in [3.63, 3.8) is 0 Å². The highest BCUT2D eigenvalue weighted by Gasteiger charge is 1.88. The van der Waals surface area contributed by atoms with Crippen molar-refractivity contribution in [2.24, 2.45) is 0 Å². The first-order valence-corrected chi connectivity index (χ1v) is 7.08. The topological polar surface area (TPSA) is 80.3 Å². The third-order valence-corrected chi connectivity index (χ3v) is 1.00. The normalized spacial score (nSPS) is 14.9. The van der Waals surface area contributed by atoms with Crippen LogP contribution < -0.4 is 0 Å². The minimum atomic E-state index is -2.95. The monoisotopic (exact) mass is 276 g/mol. The summed E-state index contributed by atoms with van der Waals surface area (Å²) in [5, 5.41) is 0. The van der Waals surface area contributed by atoms with Gasteiger partial charge in [-0.05, 0) is 0 Å². The summed E-state index contributed by atoms with van der Waals surface area (Å²) in [5.41, 5.74) is 0. The maximum atomic E-state index is 9.09. The highest BCUT2D eigenvalue weighted by Crippen LogP contribution is 1.74. The summed E-state index contributed by atoms with van der Waals surface area (Å²) in [4.78, 5) is 0. The molecule has 2 atom stereocenters. The van der Waals surface area contributed by atoms with E-state index in [2.05, 4.69) is 56.4 Å². The molecule has 0 aromatic heterocycles. The lowest BCUT2D eigenvalue weighted by atomic mass is 10.8. The highest BCUT2D eigenvalue weighted by atomic mass is 33.2. The summed E-state index contributed by atoms with van der Waals surface area (Å²) in [6.07, 6.45) is 0. The minimum Gasteiger partial charge on any atom is -0.763 e. The fourth-order valence-electron chi connectivity index (χ4n) is 0. The van der Waals surface area contributed by atoms with Gasteiger partial charge in [0.05, 0.1) is 56.4 Å². The predicted molar refractivity (Wildman–Crippen MR) is 65.8 cm³/mol. The van der Waals surface area contributed by atoms with Crippen LogP contribution in [0.2, 0.25) is 0 Å². The third kappa shape index (κ3) is 142. The molecule has 0 aromatic carbocycles. The second-order valence-electron chi connectivity index (χ2n) is 5.77. The van der Waals surface area contributed by atoms with Gasteiger partial charge >= 0.3 is 0 Å². The van der Waals surface area contributed by atoms with E-state index in [4.69, 9.17) is 17.5 Å².